The molecule has 0 atom stereocenters. The van der Waals surface area contributed by atoms with Crippen LogP contribution in [0, 0.1) is 0 Å². The quantitative estimate of drug-likeness (QED) is 0.743. The summed E-state index contributed by atoms with van der Waals surface area (Å²) in [5.74, 6) is 0.201. The van der Waals surface area contributed by atoms with Gasteiger partial charge in [0.2, 0.25) is 0 Å². The molecule has 4 rings (SSSR count). The number of benzene rings is 1. The third-order valence-corrected chi connectivity index (χ3v) is 4.58. The Kier molecular flexibility index (Phi) is 3.14. The smallest absolute Gasteiger partial charge is 0.398 e. The molecule has 0 saturated carbocycles. The molecular formula is C16H13F2N3O2S. The number of ether oxygens (including phenoxy) is 2. The van der Waals surface area contributed by atoms with Gasteiger partial charge in [-0.2, -0.15) is 0 Å². The molecule has 0 amide bonds. The largest absolute Gasteiger partial charge is 0.586 e. The van der Waals surface area contributed by atoms with E-state index >= 15 is 0 Å². The van der Waals surface area contributed by atoms with E-state index in [4.69, 9.17) is 5.73 Å². The van der Waals surface area contributed by atoms with E-state index < -0.39 is 6.29 Å². The van der Waals surface area contributed by atoms with Crippen molar-refractivity contribution in [2.45, 2.75) is 26.1 Å². The van der Waals surface area contributed by atoms with Crippen LogP contribution in [0.3, 0.4) is 0 Å². The minimum Gasteiger partial charge on any atom is -0.398 e. The van der Waals surface area contributed by atoms with Crippen molar-refractivity contribution < 1.29 is 18.3 Å². The highest BCUT2D eigenvalue weighted by Gasteiger charge is 2.43. The first-order chi connectivity index (χ1) is 11.3. The first-order valence-corrected chi connectivity index (χ1v) is 8.16. The molecule has 1 aliphatic rings. The van der Waals surface area contributed by atoms with Gasteiger partial charge in [0.25, 0.3) is 0 Å². The number of fused-ring (bicyclic) bond motifs is 2. The number of nitrogen functional groups attached to an aromatic ring is 1. The summed E-state index contributed by atoms with van der Waals surface area (Å²) >= 11 is 1.47. The van der Waals surface area contributed by atoms with E-state index in [2.05, 4.69) is 33.3 Å². The molecule has 2 aromatic heterocycles. The van der Waals surface area contributed by atoms with Crippen LogP contribution in [-0.4, -0.2) is 16.3 Å². The zero-order valence-corrected chi connectivity index (χ0v) is 13.7. The van der Waals surface area contributed by atoms with Crippen LogP contribution in [0.15, 0.2) is 23.6 Å². The number of thiazole rings is 1. The third-order valence-electron chi connectivity index (χ3n) is 3.70. The van der Waals surface area contributed by atoms with E-state index in [0.717, 1.165) is 10.7 Å². The summed E-state index contributed by atoms with van der Waals surface area (Å²) < 4.78 is 35.3. The fourth-order valence-corrected chi connectivity index (χ4v) is 3.42. The monoisotopic (exact) mass is 349 g/mol. The van der Waals surface area contributed by atoms with Gasteiger partial charge in [0.15, 0.2) is 11.5 Å². The van der Waals surface area contributed by atoms with E-state index in [1.807, 2.05) is 5.38 Å². The fraction of sp³-hybridized carbons (Fsp3) is 0.250. The molecule has 0 saturated heterocycles. The summed E-state index contributed by atoms with van der Waals surface area (Å²) in [4.78, 5) is 9.04. The van der Waals surface area contributed by atoms with Gasteiger partial charge in [-0.15, -0.1) is 20.1 Å². The number of hydrogen-bond donors (Lipinski definition) is 1. The van der Waals surface area contributed by atoms with Crippen LogP contribution >= 0.6 is 11.3 Å². The highest BCUT2D eigenvalue weighted by molar-refractivity contribution is 7.13. The molecule has 0 radical (unpaired) electrons. The molecule has 3 aromatic rings. The highest BCUT2D eigenvalue weighted by atomic mass is 32.1. The van der Waals surface area contributed by atoms with Crippen molar-refractivity contribution in [3.8, 4) is 22.2 Å². The number of hydrogen-bond acceptors (Lipinski definition) is 6. The summed E-state index contributed by atoms with van der Waals surface area (Å²) in [5.41, 5.74) is 8.51. The lowest BCUT2D eigenvalue weighted by atomic mass is 10.1. The Balaban J connectivity index is 1.84. The van der Waals surface area contributed by atoms with Gasteiger partial charge >= 0.3 is 6.29 Å². The molecule has 0 unspecified atom stereocenters. The molecule has 3 heterocycles. The Morgan fingerprint density at radius 1 is 1.12 bits per heavy atom. The van der Waals surface area contributed by atoms with Crippen molar-refractivity contribution in [1.82, 2.24) is 9.97 Å². The molecule has 2 N–H and O–H groups in total. The van der Waals surface area contributed by atoms with Gasteiger partial charge in [-0.1, -0.05) is 13.8 Å². The van der Waals surface area contributed by atoms with Crippen LogP contribution in [0.4, 0.5) is 14.5 Å². The summed E-state index contributed by atoms with van der Waals surface area (Å²) in [6.07, 6.45) is -3.67. The second-order valence-electron chi connectivity index (χ2n) is 5.81. The van der Waals surface area contributed by atoms with Crippen molar-refractivity contribution in [2.75, 3.05) is 5.73 Å². The van der Waals surface area contributed by atoms with Crippen molar-refractivity contribution in [1.29, 1.82) is 0 Å². The Morgan fingerprint density at radius 3 is 2.50 bits per heavy atom. The van der Waals surface area contributed by atoms with Gasteiger partial charge in [-0.25, -0.2) is 9.97 Å². The first kappa shape index (κ1) is 15.1. The summed E-state index contributed by atoms with van der Waals surface area (Å²) in [6.45, 7) is 4.11. The molecule has 1 aromatic carbocycles. The van der Waals surface area contributed by atoms with Gasteiger partial charge in [0.1, 0.15) is 10.7 Å². The van der Waals surface area contributed by atoms with Gasteiger partial charge in [0, 0.05) is 22.5 Å². The number of anilines is 1. The average Bonchev–Trinajstić information content (AvgIpc) is 3.07. The lowest BCUT2D eigenvalue weighted by Crippen LogP contribution is -2.25. The number of alkyl halides is 2. The molecule has 8 heteroatoms. The van der Waals surface area contributed by atoms with E-state index in [0.29, 0.717) is 28.2 Å². The van der Waals surface area contributed by atoms with Crippen molar-refractivity contribution in [3.63, 3.8) is 0 Å². The normalized spacial score (nSPS) is 15.4. The minimum atomic E-state index is -3.67. The molecule has 0 fully saturated rings. The SMILES string of the molecule is CC(C)c1csc(-c2cc(N)c3cc4c(cc3n2)OC(F)(F)O4)n1. The number of rotatable bonds is 2. The minimum absolute atomic E-state index is 0.0508. The van der Waals surface area contributed by atoms with E-state index in [1.165, 1.54) is 23.5 Å². The van der Waals surface area contributed by atoms with Crippen LogP contribution < -0.4 is 15.2 Å². The molecule has 0 aliphatic carbocycles. The molecule has 1 aliphatic heterocycles. The predicted molar refractivity (Wildman–Crippen MR) is 87.6 cm³/mol. The van der Waals surface area contributed by atoms with Gasteiger partial charge in [-0.3, -0.25) is 0 Å². The number of pyridine rings is 1. The molecule has 24 heavy (non-hydrogen) atoms. The zero-order chi connectivity index (χ0) is 17.1. The van der Waals surface area contributed by atoms with Crippen LogP contribution in [0.5, 0.6) is 11.5 Å². The maximum Gasteiger partial charge on any atom is 0.586 e. The Morgan fingerprint density at radius 2 is 1.83 bits per heavy atom. The molecule has 124 valence electrons. The summed E-state index contributed by atoms with van der Waals surface area (Å²) in [5, 5.41) is 3.23. The zero-order valence-electron chi connectivity index (χ0n) is 12.8. The third kappa shape index (κ3) is 2.43. The predicted octanol–water partition coefficient (Wildman–Crippen LogP) is 4.39. The van der Waals surface area contributed by atoms with Crippen molar-refractivity contribution in [3.05, 3.63) is 29.3 Å². The van der Waals surface area contributed by atoms with Gasteiger partial charge in [-0.05, 0) is 18.1 Å². The maximum atomic E-state index is 13.2. The Bertz CT molecular complexity index is 956. The summed E-state index contributed by atoms with van der Waals surface area (Å²) in [7, 11) is 0. The first-order valence-electron chi connectivity index (χ1n) is 7.28. The number of aromatic nitrogens is 2. The van der Waals surface area contributed by atoms with Gasteiger partial charge in [0.05, 0.1) is 11.2 Å². The second-order valence-corrected chi connectivity index (χ2v) is 6.67. The van der Waals surface area contributed by atoms with Crippen molar-refractivity contribution >= 4 is 27.9 Å². The molecule has 5 nitrogen and oxygen atoms in total. The van der Waals surface area contributed by atoms with Crippen molar-refractivity contribution in [2.24, 2.45) is 0 Å². The average molecular weight is 349 g/mol. The summed E-state index contributed by atoms with van der Waals surface area (Å²) in [6, 6.07) is 4.51. The van der Waals surface area contributed by atoms with E-state index in [1.54, 1.807) is 6.07 Å². The lowest BCUT2D eigenvalue weighted by molar-refractivity contribution is -0.286. The fourth-order valence-electron chi connectivity index (χ4n) is 2.47. The topological polar surface area (TPSA) is 70.3 Å². The lowest BCUT2D eigenvalue weighted by Gasteiger charge is -2.06. The highest BCUT2D eigenvalue weighted by Crippen LogP contribution is 2.44. The van der Waals surface area contributed by atoms with Gasteiger partial charge < -0.3 is 15.2 Å². The standard InChI is InChI=1S/C16H13F2N3O2S/c1-7(2)12-6-24-15(21-12)11-4-9(19)8-3-13-14(5-10(8)20-11)23-16(17,18)22-13/h3-7H,1-2H3,(H2,19,20). The molecular weight excluding hydrogens is 336 g/mol. The van der Waals surface area contributed by atoms with Crippen LogP contribution in [0.2, 0.25) is 0 Å². The number of nitrogens with two attached hydrogens (primary N) is 1. The van der Waals surface area contributed by atoms with E-state index in [9.17, 15) is 8.78 Å². The van der Waals surface area contributed by atoms with Crippen LogP contribution in [0.25, 0.3) is 21.6 Å². The van der Waals surface area contributed by atoms with Crippen LogP contribution in [-0.2, 0) is 0 Å². The van der Waals surface area contributed by atoms with E-state index in [-0.39, 0.29) is 11.5 Å². The maximum absolute atomic E-state index is 13.2. The Labute approximate surface area is 140 Å². The van der Waals surface area contributed by atoms with Crippen LogP contribution in [0.1, 0.15) is 25.5 Å². The molecule has 0 bridgehead atoms. The Hall–Kier alpha value is -2.48. The molecule has 0 spiro atoms. The number of nitrogens with zero attached hydrogens (tertiary/aromatic N) is 2. The number of halogens is 2. The second kappa shape index (κ2) is 5.01.